The fraction of sp³-hybridized carbons (Fsp3) is 0.667. The summed E-state index contributed by atoms with van der Waals surface area (Å²) in [7, 11) is 0. The quantitative estimate of drug-likeness (QED) is 0.707. The van der Waals surface area contributed by atoms with Crippen LogP contribution < -0.4 is 0 Å². The molecule has 0 bridgehead atoms. The summed E-state index contributed by atoms with van der Waals surface area (Å²) < 4.78 is 0.699. The van der Waals surface area contributed by atoms with Crippen molar-refractivity contribution < 1.29 is 19.8 Å². The van der Waals surface area contributed by atoms with Crippen molar-refractivity contribution in [3.05, 3.63) is 9.93 Å². The number of thioether (sulfide) groups is 2. The number of carbonyl (C=O) groups is 2. The van der Waals surface area contributed by atoms with Crippen LogP contribution >= 0.6 is 23.5 Å². The first-order chi connectivity index (χ1) is 11.4. The van der Waals surface area contributed by atoms with E-state index < -0.39 is 18.0 Å². The standard InChI is InChI=1S/C15H19N3O4S2/c1-6(19)10-12(20)18-11(14(21)22)15(24-13(10)18)23-9-3-8-4-16-7(2)17(8)5-9/h6,8-10,13,19H,3-5H2,1-2H3,(H,21,22)/t6?,8?,9?,10-,13+/m0/s1. The first-order valence-electron chi connectivity index (χ1n) is 7.98. The van der Waals surface area contributed by atoms with Gasteiger partial charge in [0.25, 0.3) is 0 Å². The van der Waals surface area contributed by atoms with E-state index >= 15 is 0 Å². The molecule has 0 spiro atoms. The summed E-state index contributed by atoms with van der Waals surface area (Å²) in [5.41, 5.74) is 0.0920. The van der Waals surface area contributed by atoms with Crippen LogP contribution in [0.1, 0.15) is 20.3 Å². The van der Waals surface area contributed by atoms with Crippen LogP contribution in [0, 0.1) is 5.92 Å². The lowest BCUT2D eigenvalue weighted by molar-refractivity contribution is -0.156. The van der Waals surface area contributed by atoms with Gasteiger partial charge in [0.2, 0.25) is 5.91 Å². The third-order valence-corrected chi connectivity index (χ3v) is 7.88. The maximum atomic E-state index is 12.2. The molecule has 5 atom stereocenters. The molecule has 0 aromatic rings. The molecule has 4 aliphatic heterocycles. The number of rotatable bonds is 4. The molecule has 0 aromatic carbocycles. The number of carbonyl (C=O) groups excluding carboxylic acids is 1. The number of aliphatic carboxylic acids is 1. The van der Waals surface area contributed by atoms with E-state index in [1.54, 1.807) is 18.7 Å². The number of aliphatic hydroxyl groups excluding tert-OH is 1. The van der Waals surface area contributed by atoms with Crippen molar-refractivity contribution in [2.45, 2.75) is 43.0 Å². The molecule has 3 unspecified atom stereocenters. The normalized spacial score (nSPS) is 35.8. The van der Waals surface area contributed by atoms with Gasteiger partial charge in [-0.05, 0) is 20.3 Å². The van der Waals surface area contributed by atoms with Gasteiger partial charge < -0.3 is 15.1 Å². The van der Waals surface area contributed by atoms with E-state index in [1.165, 1.54) is 16.7 Å². The number of nitrogens with zero attached hydrogens (tertiary/aromatic N) is 3. The zero-order chi connectivity index (χ0) is 17.2. The van der Waals surface area contributed by atoms with E-state index in [2.05, 4.69) is 9.89 Å². The largest absolute Gasteiger partial charge is 0.477 e. The molecule has 1 amide bonds. The zero-order valence-corrected chi connectivity index (χ0v) is 15.0. The highest BCUT2D eigenvalue weighted by Gasteiger charge is 2.58. The minimum absolute atomic E-state index is 0.0920. The third kappa shape index (κ3) is 2.28. The van der Waals surface area contributed by atoms with Gasteiger partial charge in [-0.2, -0.15) is 0 Å². The lowest BCUT2D eigenvalue weighted by Crippen LogP contribution is -2.60. The molecule has 2 N–H and O–H groups in total. The summed E-state index contributed by atoms with van der Waals surface area (Å²) in [6, 6.07) is 0.423. The molecular formula is C15H19N3O4S2. The van der Waals surface area contributed by atoms with E-state index in [1.807, 2.05) is 6.92 Å². The van der Waals surface area contributed by atoms with Crippen LogP contribution in [-0.2, 0) is 9.59 Å². The number of aliphatic imine (C=N–C) groups is 1. The lowest BCUT2D eigenvalue weighted by Gasteiger charge is -2.43. The number of carboxylic acid groups (broad SMARTS) is 1. The van der Waals surface area contributed by atoms with Gasteiger partial charge in [-0.3, -0.25) is 14.7 Å². The second-order valence-corrected chi connectivity index (χ2v) is 9.29. The average molecular weight is 369 g/mol. The van der Waals surface area contributed by atoms with Gasteiger partial charge in [-0.1, -0.05) is 11.8 Å². The van der Waals surface area contributed by atoms with Crippen LogP contribution in [0.15, 0.2) is 14.9 Å². The molecule has 0 aliphatic carbocycles. The molecular weight excluding hydrogens is 350 g/mol. The second kappa shape index (κ2) is 5.67. The Hall–Kier alpha value is -1.19. The van der Waals surface area contributed by atoms with E-state index in [4.69, 9.17) is 0 Å². The number of amides is 1. The smallest absolute Gasteiger partial charge is 0.354 e. The molecule has 2 fully saturated rings. The summed E-state index contributed by atoms with van der Waals surface area (Å²) in [5.74, 6) is -0.807. The number of hydrogen-bond donors (Lipinski definition) is 2. The Kier molecular flexibility index (Phi) is 3.85. The van der Waals surface area contributed by atoms with Gasteiger partial charge in [-0.25, -0.2) is 4.79 Å². The fourth-order valence-corrected chi connectivity index (χ4v) is 7.24. The minimum Gasteiger partial charge on any atom is -0.477 e. The summed E-state index contributed by atoms with van der Waals surface area (Å²) in [6.07, 6.45) is 0.211. The Morgan fingerprint density at radius 3 is 2.88 bits per heavy atom. The average Bonchev–Trinajstić information content (AvgIpc) is 3.13. The van der Waals surface area contributed by atoms with Crippen LogP contribution in [0.5, 0.6) is 0 Å². The van der Waals surface area contributed by atoms with Crippen molar-refractivity contribution in [2.24, 2.45) is 10.9 Å². The Labute approximate surface area is 148 Å². The van der Waals surface area contributed by atoms with Crippen molar-refractivity contribution in [1.29, 1.82) is 0 Å². The predicted octanol–water partition coefficient (Wildman–Crippen LogP) is 0.760. The highest BCUT2D eigenvalue weighted by atomic mass is 32.2. The summed E-state index contributed by atoms with van der Waals surface area (Å²) in [4.78, 5) is 32.0. The van der Waals surface area contributed by atoms with E-state index in [0.29, 0.717) is 15.5 Å². The summed E-state index contributed by atoms with van der Waals surface area (Å²) >= 11 is 2.97. The number of amidine groups is 1. The van der Waals surface area contributed by atoms with Crippen molar-refractivity contribution in [3.63, 3.8) is 0 Å². The minimum atomic E-state index is -1.07. The van der Waals surface area contributed by atoms with Crippen molar-refractivity contribution in [3.8, 4) is 0 Å². The number of carboxylic acids is 1. The monoisotopic (exact) mass is 369 g/mol. The van der Waals surface area contributed by atoms with Gasteiger partial charge in [-0.15, -0.1) is 11.8 Å². The summed E-state index contributed by atoms with van der Waals surface area (Å²) in [6.45, 7) is 5.27. The van der Waals surface area contributed by atoms with E-state index in [-0.39, 0.29) is 17.0 Å². The summed E-state index contributed by atoms with van der Waals surface area (Å²) in [5, 5.41) is 19.3. The Bertz CT molecular complexity index is 678. The van der Waals surface area contributed by atoms with Crippen LogP contribution in [-0.4, -0.2) is 73.6 Å². The van der Waals surface area contributed by atoms with Crippen molar-refractivity contribution >= 4 is 41.2 Å². The fourth-order valence-electron chi connectivity index (χ4n) is 3.84. The molecule has 24 heavy (non-hydrogen) atoms. The van der Waals surface area contributed by atoms with E-state index in [0.717, 1.165) is 25.3 Å². The van der Waals surface area contributed by atoms with Gasteiger partial charge in [0.1, 0.15) is 5.37 Å². The Morgan fingerprint density at radius 1 is 1.50 bits per heavy atom. The molecule has 4 heterocycles. The van der Waals surface area contributed by atoms with Gasteiger partial charge in [0, 0.05) is 11.8 Å². The molecule has 2 saturated heterocycles. The van der Waals surface area contributed by atoms with Gasteiger partial charge in [0.15, 0.2) is 5.70 Å². The second-order valence-electron chi connectivity index (χ2n) is 6.59. The maximum absolute atomic E-state index is 12.2. The lowest BCUT2D eigenvalue weighted by atomic mass is 9.92. The molecule has 0 aromatic heterocycles. The molecule has 4 aliphatic rings. The predicted molar refractivity (Wildman–Crippen MR) is 92.5 cm³/mol. The highest BCUT2D eigenvalue weighted by molar-refractivity contribution is 8.23. The van der Waals surface area contributed by atoms with Gasteiger partial charge in [0.05, 0.1) is 34.7 Å². The Balaban J connectivity index is 1.52. The van der Waals surface area contributed by atoms with E-state index in [9.17, 15) is 19.8 Å². The molecule has 7 nitrogen and oxygen atoms in total. The van der Waals surface area contributed by atoms with Crippen LogP contribution in [0.25, 0.3) is 0 Å². The Morgan fingerprint density at radius 2 is 2.25 bits per heavy atom. The van der Waals surface area contributed by atoms with Gasteiger partial charge >= 0.3 is 5.97 Å². The van der Waals surface area contributed by atoms with Crippen LogP contribution in [0.4, 0.5) is 0 Å². The van der Waals surface area contributed by atoms with Crippen molar-refractivity contribution in [2.75, 3.05) is 13.1 Å². The number of hydrogen-bond acceptors (Lipinski definition) is 7. The number of aliphatic hydroxyl groups is 1. The molecule has 0 radical (unpaired) electrons. The molecule has 0 saturated carbocycles. The molecule has 130 valence electrons. The van der Waals surface area contributed by atoms with Crippen LogP contribution in [0.2, 0.25) is 0 Å². The first kappa shape index (κ1) is 16.3. The highest BCUT2D eigenvalue weighted by Crippen LogP contribution is 2.55. The SMILES string of the molecule is CC1=NCC2CC(SC3=C(C(=O)O)N4C(=O)[C@H](C(C)O)[C@H]4S3)CN12. The van der Waals surface area contributed by atoms with Crippen LogP contribution in [0.3, 0.4) is 0 Å². The zero-order valence-electron chi connectivity index (χ0n) is 13.4. The third-order valence-electron chi connectivity index (χ3n) is 5.06. The maximum Gasteiger partial charge on any atom is 0.354 e. The molecule has 4 rings (SSSR count). The van der Waals surface area contributed by atoms with Crippen molar-refractivity contribution in [1.82, 2.24) is 9.80 Å². The number of fused-ring (bicyclic) bond motifs is 2. The first-order valence-corrected chi connectivity index (χ1v) is 9.74. The molecule has 9 heteroatoms. The topological polar surface area (TPSA) is 93.4 Å². The number of β-lactam (4-membered cyclic amide) rings is 1.